The lowest BCUT2D eigenvalue weighted by atomic mass is 10.0. The van der Waals surface area contributed by atoms with E-state index in [0.29, 0.717) is 60.6 Å². The molecule has 0 N–H and O–H groups in total. The SMILES string of the molecule is Cc1noc2nc(C(C)C)cc(C(=O)N3CCN(Cc4cccc(C(F)(F)F)c4)CC3)c12. The Labute approximate surface area is 184 Å². The first-order valence-electron chi connectivity index (χ1n) is 10.6. The van der Waals surface area contributed by atoms with Gasteiger partial charge in [0.2, 0.25) is 0 Å². The fraction of sp³-hybridized carbons (Fsp3) is 0.435. The second-order valence-corrected chi connectivity index (χ2v) is 8.46. The van der Waals surface area contributed by atoms with Gasteiger partial charge >= 0.3 is 6.18 Å². The van der Waals surface area contributed by atoms with E-state index in [2.05, 4.69) is 15.0 Å². The highest BCUT2D eigenvalue weighted by Crippen LogP contribution is 2.30. The van der Waals surface area contributed by atoms with Gasteiger partial charge in [0.05, 0.1) is 22.2 Å². The third kappa shape index (κ3) is 4.48. The summed E-state index contributed by atoms with van der Waals surface area (Å²) in [6.07, 6.45) is -4.36. The topological polar surface area (TPSA) is 62.5 Å². The van der Waals surface area contributed by atoms with Gasteiger partial charge in [-0.1, -0.05) is 37.2 Å². The van der Waals surface area contributed by atoms with Gasteiger partial charge in [-0.25, -0.2) is 4.98 Å². The Hall–Kier alpha value is -2.94. The van der Waals surface area contributed by atoms with Crippen molar-refractivity contribution in [2.75, 3.05) is 26.2 Å². The number of halogens is 3. The van der Waals surface area contributed by atoms with Crippen molar-refractivity contribution < 1.29 is 22.5 Å². The zero-order chi connectivity index (χ0) is 23.0. The normalized spacial score (nSPS) is 15.7. The molecule has 0 bridgehead atoms. The largest absolute Gasteiger partial charge is 0.416 e. The summed E-state index contributed by atoms with van der Waals surface area (Å²) in [6.45, 7) is 8.33. The molecule has 0 unspecified atom stereocenters. The highest BCUT2D eigenvalue weighted by Gasteiger charge is 2.31. The molecular weight excluding hydrogens is 421 g/mol. The molecule has 9 heteroatoms. The van der Waals surface area contributed by atoms with E-state index < -0.39 is 11.7 Å². The maximum absolute atomic E-state index is 13.3. The van der Waals surface area contributed by atoms with Crippen molar-refractivity contribution in [2.24, 2.45) is 0 Å². The third-order valence-corrected chi connectivity index (χ3v) is 5.78. The number of alkyl halides is 3. The van der Waals surface area contributed by atoms with Crippen LogP contribution in [0.2, 0.25) is 0 Å². The van der Waals surface area contributed by atoms with Crippen LogP contribution >= 0.6 is 0 Å². The van der Waals surface area contributed by atoms with E-state index in [1.165, 1.54) is 12.1 Å². The average Bonchev–Trinajstić information content (AvgIpc) is 3.13. The van der Waals surface area contributed by atoms with Crippen molar-refractivity contribution in [3.05, 3.63) is 58.4 Å². The molecule has 1 amide bonds. The molecule has 2 aromatic heterocycles. The van der Waals surface area contributed by atoms with E-state index in [9.17, 15) is 18.0 Å². The molecule has 0 saturated carbocycles. The lowest BCUT2D eigenvalue weighted by Crippen LogP contribution is -2.48. The summed E-state index contributed by atoms with van der Waals surface area (Å²) in [6, 6.07) is 7.21. The molecule has 6 nitrogen and oxygen atoms in total. The van der Waals surface area contributed by atoms with Gasteiger partial charge in [-0.3, -0.25) is 9.69 Å². The molecule has 32 heavy (non-hydrogen) atoms. The number of aromatic nitrogens is 2. The van der Waals surface area contributed by atoms with Crippen LogP contribution in [0.5, 0.6) is 0 Å². The Morgan fingerprint density at radius 2 is 1.88 bits per heavy atom. The predicted molar refractivity (Wildman–Crippen MR) is 113 cm³/mol. The zero-order valence-electron chi connectivity index (χ0n) is 18.2. The number of aryl methyl sites for hydroxylation is 1. The Kier molecular flexibility index (Phi) is 5.94. The maximum atomic E-state index is 13.3. The fourth-order valence-electron chi connectivity index (χ4n) is 3.96. The highest BCUT2D eigenvalue weighted by molar-refractivity contribution is 6.06. The number of rotatable bonds is 4. The minimum Gasteiger partial charge on any atom is -0.336 e. The second kappa shape index (κ2) is 8.54. The standard InChI is InChI=1S/C23H25F3N4O2/c1-14(2)19-12-18(20-15(3)28-32-21(20)27-19)22(31)30-9-7-29(8-10-30)13-16-5-4-6-17(11-16)23(24,25)26/h4-6,11-12,14H,7-10,13H2,1-3H3. The van der Waals surface area contributed by atoms with Crippen LogP contribution in [-0.4, -0.2) is 52.0 Å². The minimum absolute atomic E-state index is 0.107. The van der Waals surface area contributed by atoms with Crippen LogP contribution in [0.4, 0.5) is 13.2 Å². The van der Waals surface area contributed by atoms with Crippen molar-refractivity contribution in [3.8, 4) is 0 Å². The fourth-order valence-corrected chi connectivity index (χ4v) is 3.96. The maximum Gasteiger partial charge on any atom is 0.416 e. The Morgan fingerprint density at radius 3 is 2.53 bits per heavy atom. The Bertz CT molecular complexity index is 1130. The third-order valence-electron chi connectivity index (χ3n) is 5.78. The van der Waals surface area contributed by atoms with Crippen LogP contribution in [0.15, 0.2) is 34.9 Å². The summed E-state index contributed by atoms with van der Waals surface area (Å²) >= 11 is 0. The number of pyridine rings is 1. The molecule has 0 spiro atoms. The van der Waals surface area contributed by atoms with Crippen LogP contribution < -0.4 is 0 Å². The number of benzene rings is 1. The van der Waals surface area contributed by atoms with Crippen LogP contribution in [0.3, 0.4) is 0 Å². The molecule has 1 saturated heterocycles. The monoisotopic (exact) mass is 446 g/mol. The molecule has 3 aromatic rings. The molecule has 1 aliphatic rings. The van der Waals surface area contributed by atoms with Gasteiger partial charge in [0, 0.05) is 38.4 Å². The summed E-state index contributed by atoms with van der Waals surface area (Å²) in [5.41, 5.74) is 2.24. The Balaban J connectivity index is 1.47. The number of piperazine rings is 1. The number of fused-ring (bicyclic) bond motifs is 1. The van der Waals surface area contributed by atoms with Crippen LogP contribution in [0.1, 0.15) is 52.6 Å². The molecular formula is C23H25F3N4O2. The van der Waals surface area contributed by atoms with Crippen molar-refractivity contribution in [1.29, 1.82) is 0 Å². The number of hydrogen-bond acceptors (Lipinski definition) is 5. The minimum atomic E-state index is -4.36. The molecule has 1 fully saturated rings. The van der Waals surface area contributed by atoms with E-state index in [0.717, 1.165) is 11.8 Å². The van der Waals surface area contributed by atoms with E-state index in [1.54, 1.807) is 17.9 Å². The summed E-state index contributed by atoms with van der Waals surface area (Å²) in [5, 5.41) is 4.60. The molecule has 3 heterocycles. The van der Waals surface area contributed by atoms with E-state index in [-0.39, 0.29) is 11.8 Å². The first-order chi connectivity index (χ1) is 15.1. The van der Waals surface area contributed by atoms with Gasteiger partial charge in [0.15, 0.2) is 0 Å². The summed E-state index contributed by atoms with van der Waals surface area (Å²) in [4.78, 5) is 21.7. The number of amides is 1. The lowest BCUT2D eigenvalue weighted by molar-refractivity contribution is -0.137. The quantitative estimate of drug-likeness (QED) is 0.585. The number of hydrogen-bond donors (Lipinski definition) is 0. The van der Waals surface area contributed by atoms with E-state index in [1.807, 2.05) is 19.9 Å². The van der Waals surface area contributed by atoms with Gasteiger partial charge in [-0.05, 0) is 30.5 Å². The summed E-state index contributed by atoms with van der Waals surface area (Å²) in [5.74, 6) is 0.0185. The molecule has 0 radical (unpaired) electrons. The number of nitrogens with zero attached hydrogens (tertiary/aromatic N) is 4. The number of carbonyl (C=O) groups excluding carboxylic acids is 1. The van der Waals surface area contributed by atoms with Gasteiger partial charge in [-0.15, -0.1) is 0 Å². The van der Waals surface area contributed by atoms with E-state index in [4.69, 9.17) is 4.52 Å². The highest BCUT2D eigenvalue weighted by atomic mass is 19.4. The van der Waals surface area contributed by atoms with Gasteiger partial charge in [-0.2, -0.15) is 13.2 Å². The Morgan fingerprint density at radius 1 is 1.16 bits per heavy atom. The summed E-state index contributed by atoms with van der Waals surface area (Å²) < 4.78 is 44.2. The molecule has 0 aliphatic carbocycles. The van der Waals surface area contributed by atoms with Crippen molar-refractivity contribution in [2.45, 2.75) is 39.4 Å². The summed E-state index contributed by atoms with van der Waals surface area (Å²) in [7, 11) is 0. The van der Waals surface area contributed by atoms with Gasteiger partial charge in [0.25, 0.3) is 11.6 Å². The van der Waals surface area contributed by atoms with Crippen molar-refractivity contribution in [3.63, 3.8) is 0 Å². The zero-order valence-corrected chi connectivity index (χ0v) is 18.2. The van der Waals surface area contributed by atoms with Gasteiger partial charge in [0.1, 0.15) is 0 Å². The smallest absolute Gasteiger partial charge is 0.336 e. The van der Waals surface area contributed by atoms with E-state index >= 15 is 0 Å². The first kappa shape index (κ1) is 22.3. The van der Waals surface area contributed by atoms with Crippen molar-refractivity contribution >= 4 is 17.0 Å². The number of carbonyl (C=O) groups is 1. The molecule has 0 atom stereocenters. The predicted octanol–water partition coefficient (Wildman–Crippen LogP) is 4.63. The second-order valence-electron chi connectivity index (χ2n) is 8.46. The van der Waals surface area contributed by atoms with Crippen molar-refractivity contribution in [1.82, 2.24) is 19.9 Å². The molecule has 170 valence electrons. The first-order valence-corrected chi connectivity index (χ1v) is 10.6. The van der Waals surface area contributed by atoms with Crippen LogP contribution in [0.25, 0.3) is 11.1 Å². The lowest BCUT2D eigenvalue weighted by Gasteiger charge is -2.35. The molecule has 1 aromatic carbocycles. The molecule has 1 aliphatic heterocycles. The average molecular weight is 446 g/mol. The van der Waals surface area contributed by atoms with Crippen LogP contribution in [0, 0.1) is 6.92 Å². The van der Waals surface area contributed by atoms with Crippen LogP contribution in [-0.2, 0) is 12.7 Å². The molecule has 4 rings (SSSR count). The van der Waals surface area contributed by atoms with Gasteiger partial charge < -0.3 is 9.42 Å².